The van der Waals surface area contributed by atoms with E-state index in [1.807, 2.05) is 36.1 Å². The fourth-order valence-corrected chi connectivity index (χ4v) is 5.48. The maximum atomic E-state index is 13.3. The molecule has 0 saturated carbocycles. The summed E-state index contributed by atoms with van der Waals surface area (Å²) in [6.45, 7) is 3.64. The van der Waals surface area contributed by atoms with Gasteiger partial charge in [0, 0.05) is 36.3 Å². The first-order valence-electron chi connectivity index (χ1n) is 11.8. The number of hydrogen-bond donors (Lipinski definition) is 2. The Hall–Kier alpha value is -3.92. The SMILES string of the molecule is Cc1cccc(-c2cc(C(=O)N3CCC[C@H](COc4cccc5c4C(N)=NS(=O)(=O)N5)C3)ccn2)c1. The minimum absolute atomic E-state index is 0.0288. The van der Waals surface area contributed by atoms with Crippen LogP contribution in [0.25, 0.3) is 11.3 Å². The average molecular weight is 506 g/mol. The van der Waals surface area contributed by atoms with E-state index >= 15 is 0 Å². The van der Waals surface area contributed by atoms with Crippen LogP contribution in [0.2, 0.25) is 0 Å². The highest BCUT2D eigenvalue weighted by molar-refractivity contribution is 7.91. The van der Waals surface area contributed by atoms with E-state index < -0.39 is 10.2 Å². The van der Waals surface area contributed by atoms with E-state index in [2.05, 4.69) is 20.2 Å². The van der Waals surface area contributed by atoms with Crippen molar-refractivity contribution in [1.82, 2.24) is 9.88 Å². The molecule has 1 saturated heterocycles. The first-order chi connectivity index (χ1) is 17.3. The van der Waals surface area contributed by atoms with Gasteiger partial charge in [-0.1, -0.05) is 29.8 Å². The van der Waals surface area contributed by atoms with Crippen LogP contribution in [0.5, 0.6) is 5.75 Å². The van der Waals surface area contributed by atoms with Gasteiger partial charge in [0.2, 0.25) is 0 Å². The van der Waals surface area contributed by atoms with E-state index in [1.54, 1.807) is 30.5 Å². The number of fused-ring (bicyclic) bond motifs is 1. The highest BCUT2D eigenvalue weighted by Gasteiger charge is 2.27. The number of benzene rings is 2. The Labute approximate surface area is 210 Å². The van der Waals surface area contributed by atoms with Crippen LogP contribution in [-0.4, -0.2) is 49.7 Å². The molecule has 10 heteroatoms. The van der Waals surface area contributed by atoms with Crippen molar-refractivity contribution in [2.45, 2.75) is 19.8 Å². The van der Waals surface area contributed by atoms with Crippen molar-refractivity contribution in [3.8, 4) is 17.0 Å². The number of nitrogens with two attached hydrogens (primary N) is 1. The summed E-state index contributed by atoms with van der Waals surface area (Å²) < 4.78 is 35.6. The maximum Gasteiger partial charge on any atom is 0.344 e. The molecule has 1 atom stereocenters. The Morgan fingerprint density at radius 2 is 2.03 bits per heavy atom. The predicted octanol–water partition coefficient (Wildman–Crippen LogP) is 3.36. The molecule has 2 aromatic carbocycles. The Morgan fingerprint density at radius 1 is 1.19 bits per heavy atom. The molecule has 3 heterocycles. The molecule has 9 nitrogen and oxygen atoms in total. The standard InChI is InChI=1S/C26H27N5O4S/c1-17-5-2-7-19(13-17)22-14-20(10-11-28-22)26(32)31-12-4-6-18(15-31)16-35-23-9-3-8-21-24(23)25(27)30-36(33,34)29-21/h2-3,5,7-11,13-14,18,29H,4,6,12,15-16H2,1H3,(H2,27,30)/t18-/m0/s1. The number of ether oxygens (including phenoxy) is 1. The smallest absolute Gasteiger partial charge is 0.344 e. The van der Waals surface area contributed by atoms with Crippen molar-refractivity contribution in [1.29, 1.82) is 0 Å². The minimum Gasteiger partial charge on any atom is -0.492 e. The monoisotopic (exact) mass is 505 g/mol. The first kappa shape index (κ1) is 23.8. The molecule has 0 unspecified atom stereocenters. The second-order valence-corrected chi connectivity index (χ2v) is 10.4. The van der Waals surface area contributed by atoms with Crippen LogP contribution in [0.15, 0.2) is 65.2 Å². The number of aromatic nitrogens is 1. The van der Waals surface area contributed by atoms with Gasteiger partial charge in [0.25, 0.3) is 5.91 Å². The number of nitrogens with zero attached hydrogens (tertiary/aromatic N) is 3. The number of carbonyl (C=O) groups is 1. The van der Waals surface area contributed by atoms with E-state index in [-0.39, 0.29) is 17.7 Å². The lowest BCUT2D eigenvalue weighted by atomic mass is 9.98. The van der Waals surface area contributed by atoms with E-state index in [0.717, 1.165) is 29.7 Å². The zero-order chi connectivity index (χ0) is 25.3. The third-order valence-corrected chi connectivity index (χ3v) is 7.26. The molecule has 3 aromatic rings. The van der Waals surface area contributed by atoms with Crippen molar-refractivity contribution >= 4 is 27.6 Å². The molecule has 1 fully saturated rings. The van der Waals surface area contributed by atoms with Crippen LogP contribution >= 0.6 is 0 Å². The van der Waals surface area contributed by atoms with Gasteiger partial charge in [0.05, 0.1) is 23.6 Å². The quantitative estimate of drug-likeness (QED) is 0.547. The molecule has 186 valence electrons. The molecule has 1 aromatic heterocycles. The third-order valence-electron chi connectivity index (χ3n) is 6.34. The Kier molecular flexibility index (Phi) is 6.36. The highest BCUT2D eigenvalue weighted by Crippen LogP contribution is 2.31. The number of piperidine rings is 1. The first-order valence-corrected chi connectivity index (χ1v) is 13.2. The summed E-state index contributed by atoms with van der Waals surface area (Å²) in [4.78, 5) is 19.6. The Morgan fingerprint density at radius 3 is 2.86 bits per heavy atom. The number of aryl methyl sites for hydroxylation is 1. The molecule has 2 aliphatic rings. The van der Waals surface area contributed by atoms with Crippen LogP contribution in [0, 0.1) is 12.8 Å². The van der Waals surface area contributed by atoms with Gasteiger partial charge in [-0.15, -0.1) is 4.40 Å². The predicted molar refractivity (Wildman–Crippen MR) is 138 cm³/mol. The molecule has 0 radical (unpaired) electrons. The number of amides is 1. The molecule has 2 aliphatic heterocycles. The van der Waals surface area contributed by atoms with Crippen molar-refractivity contribution in [3.63, 3.8) is 0 Å². The van der Waals surface area contributed by atoms with Gasteiger partial charge in [0.15, 0.2) is 5.84 Å². The molecule has 0 spiro atoms. The van der Waals surface area contributed by atoms with E-state index in [1.165, 1.54) is 0 Å². The summed E-state index contributed by atoms with van der Waals surface area (Å²) in [6, 6.07) is 16.7. The second kappa shape index (κ2) is 9.62. The largest absolute Gasteiger partial charge is 0.492 e. The summed E-state index contributed by atoms with van der Waals surface area (Å²) >= 11 is 0. The minimum atomic E-state index is -3.86. The summed E-state index contributed by atoms with van der Waals surface area (Å²) in [5.74, 6) is 0.437. The normalized spacial score (nSPS) is 18.5. The van der Waals surface area contributed by atoms with Gasteiger partial charge in [0.1, 0.15) is 5.75 Å². The zero-order valence-electron chi connectivity index (χ0n) is 19.8. The Bertz CT molecular complexity index is 1450. The lowest BCUT2D eigenvalue weighted by Crippen LogP contribution is -2.41. The molecule has 36 heavy (non-hydrogen) atoms. The molecular formula is C26H27N5O4S. The van der Waals surface area contributed by atoms with Crippen molar-refractivity contribution in [2.24, 2.45) is 16.0 Å². The van der Waals surface area contributed by atoms with Gasteiger partial charge in [-0.2, -0.15) is 8.42 Å². The van der Waals surface area contributed by atoms with Crippen LogP contribution in [0.1, 0.15) is 34.3 Å². The molecule has 1 amide bonds. The van der Waals surface area contributed by atoms with Crippen LogP contribution in [0.4, 0.5) is 5.69 Å². The van der Waals surface area contributed by atoms with Gasteiger partial charge in [-0.05, 0) is 50.1 Å². The number of anilines is 1. The van der Waals surface area contributed by atoms with Crippen LogP contribution < -0.4 is 15.2 Å². The number of pyridine rings is 1. The lowest BCUT2D eigenvalue weighted by molar-refractivity contribution is 0.0633. The summed E-state index contributed by atoms with van der Waals surface area (Å²) in [5, 5.41) is 0. The summed E-state index contributed by atoms with van der Waals surface area (Å²) in [5.41, 5.74) is 10.2. The van der Waals surface area contributed by atoms with Gasteiger partial charge in [-0.3, -0.25) is 14.5 Å². The van der Waals surface area contributed by atoms with Gasteiger partial charge >= 0.3 is 10.2 Å². The van der Waals surface area contributed by atoms with Gasteiger partial charge < -0.3 is 15.4 Å². The Balaban J connectivity index is 1.27. The number of hydrogen-bond acceptors (Lipinski definition) is 6. The van der Waals surface area contributed by atoms with Crippen molar-refractivity contribution in [2.75, 3.05) is 24.4 Å². The lowest BCUT2D eigenvalue weighted by Gasteiger charge is -2.33. The van der Waals surface area contributed by atoms with E-state index in [0.29, 0.717) is 42.3 Å². The maximum absolute atomic E-state index is 13.3. The summed E-state index contributed by atoms with van der Waals surface area (Å²) in [6.07, 6.45) is 3.46. The van der Waals surface area contributed by atoms with Crippen LogP contribution in [0.3, 0.4) is 0 Å². The number of nitrogens with one attached hydrogen (secondary N) is 1. The van der Waals surface area contributed by atoms with E-state index in [4.69, 9.17) is 10.5 Å². The molecule has 0 aliphatic carbocycles. The van der Waals surface area contributed by atoms with Crippen molar-refractivity contribution in [3.05, 3.63) is 77.5 Å². The number of rotatable bonds is 5. The fraction of sp³-hybridized carbons (Fsp3) is 0.269. The van der Waals surface area contributed by atoms with E-state index in [9.17, 15) is 13.2 Å². The fourth-order valence-electron chi connectivity index (χ4n) is 4.64. The average Bonchev–Trinajstić information content (AvgIpc) is 2.86. The topological polar surface area (TPSA) is 127 Å². The zero-order valence-corrected chi connectivity index (χ0v) is 20.7. The second-order valence-electron chi connectivity index (χ2n) is 9.10. The van der Waals surface area contributed by atoms with Crippen LogP contribution in [-0.2, 0) is 10.2 Å². The highest BCUT2D eigenvalue weighted by atomic mass is 32.2. The molecular weight excluding hydrogens is 478 g/mol. The molecule has 3 N–H and O–H groups in total. The van der Waals surface area contributed by atoms with Gasteiger partial charge in [-0.25, -0.2) is 0 Å². The molecule has 5 rings (SSSR count). The molecule has 0 bridgehead atoms. The third kappa shape index (κ3) is 5.03. The number of carbonyl (C=O) groups excluding carboxylic acids is 1. The van der Waals surface area contributed by atoms with Crippen molar-refractivity contribution < 1.29 is 17.9 Å². The number of likely N-dealkylation sites (tertiary alicyclic amines) is 1. The summed E-state index contributed by atoms with van der Waals surface area (Å²) in [7, 11) is -3.86. The number of amidine groups is 1.